The maximum absolute atomic E-state index is 12.4. The summed E-state index contributed by atoms with van der Waals surface area (Å²) in [6, 6.07) is 3.87. The summed E-state index contributed by atoms with van der Waals surface area (Å²) in [5.41, 5.74) is 0.993. The van der Waals surface area contributed by atoms with Crippen molar-refractivity contribution in [1.82, 2.24) is 9.97 Å². The molecule has 2 aromatic rings. The molecule has 6 heteroatoms. The van der Waals surface area contributed by atoms with E-state index >= 15 is 0 Å². The predicted molar refractivity (Wildman–Crippen MR) is 95.4 cm³/mol. The zero-order valence-electron chi connectivity index (χ0n) is 14.6. The van der Waals surface area contributed by atoms with Gasteiger partial charge in [0.2, 0.25) is 0 Å². The minimum atomic E-state index is -1.09. The van der Waals surface area contributed by atoms with E-state index in [1.54, 1.807) is 26.1 Å². The minimum absolute atomic E-state index is 0.146. The minimum Gasteiger partial charge on any atom is -0.384 e. The molecule has 0 amide bonds. The zero-order chi connectivity index (χ0) is 17.8. The molecule has 1 aliphatic heterocycles. The summed E-state index contributed by atoms with van der Waals surface area (Å²) in [6.07, 6.45) is 6.38. The number of hydrogen-bond donors (Lipinski definition) is 2. The number of nitriles is 1. The Hall–Kier alpha value is -2.39. The van der Waals surface area contributed by atoms with E-state index in [1.807, 2.05) is 0 Å². The molecule has 2 fully saturated rings. The summed E-state index contributed by atoms with van der Waals surface area (Å²) in [7, 11) is 0. The van der Waals surface area contributed by atoms with Crippen molar-refractivity contribution in [3.05, 3.63) is 33.9 Å². The van der Waals surface area contributed by atoms with Crippen LogP contribution in [0.5, 0.6) is 0 Å². The summed E-state index contributed by atoms with van der Waals surface area (Å²) in [5, 5.41) is 20.6. The largest absolute Gasteiger partial charge is 0.384 e. The summed E-state index contributed by atoms with van der Waals surface area (Å²) in [4.78, 5) is 21.5. The van der Waals surface area contributed by atoms with Gasteiger partial charge in [0.15, 0.2) is 0 Å². The molecule has 2 N–H and O–H groups in total. The molecule has 0 unspecified atom stereocenters. The summed E-state index contributed by atoms with van der Waals surface area (Å²) in [5.74, 6) is 0. The number of anilines is 1. The van der Waals surface area contributed by atoms with Crippen molar-refractivity contribution < 1.29 is 5.11 Å². The van der Waals surface area contributed by atoms with E-state index in [-0.39, 0.29) is 11.1 Å². The molecule has 1 aliphatic carbocycles. The van der Waals surface area contributed by atoms with Gasteiger partial charge in [-0.15, -0.1) is 0 Å². The topological polar surface area (TPSA) is 93.0 Å². The SMILES string of the molecule is CC(C)(O)c1cc2c(N3CCC4(CC3)CC4)c(C#N)c(=O)[nH]c2cn1. The Morgan fingerprint density at radius 1 is 1.32 bits per heavy atom. The first-order chi connectivity index (χ1) is 11.8. The van der Waals surface area contributed by atoms with Gasteiger partial charge in [-0.05, 0) is 51.0 Å². The van der Waals surface area contributed by atoms with Gasteiger partial charge in [-0.2, -0.15) is 5.26 Å². The number of rotatable bonds is 2. The van der Waals surface area contributed by atoms with Crippen LogP contribution in [0.4, 0.5) is 5.69 Å². The third-order valence-electron chi connectivity index (χ3n) is 5.71. The fraction of sp³-hybridized carbons (Fsp3) is 0.526. The van der Waals surface area contributed by atoms with Crippen molar-refractivity contribution >= 4 is 16.6 Å². The molecule has 6 nitrogen and oxygen atoms in total. The maximum Gasteiger partial charge on any atom is 0.268 e. The smallest absolute Gasteiger partial charge is 0.268 e. The molecular formula is C19H22N4O2. The van der Waals surface area contributed by atoms with Crippen LogP contribution in [0.25, 0.3) is 10.9 Å². The van der Waals surface area contributed by atoms with Crippen molar-refractivity contribution in [3.8, 4) is 6.07 Å². The molecule has 3 heterocycles. The average molecular weight is 338 g/mol. The monoisotopic (exact) mass is 338 g/mol. The van der Waals surface area contributed by atoms with Gasteiger partial charge in [0.05, 0.1) is 23.1 Å². The van der Waals surface area contributed by atoms with Gasteiger partial charge in [-0.3, -0.25) is 9.78 Å². The first-order valence-electron chi connectivity index (χ1n) is 8.77. The Labute approximate surface area is 146 Å². The molecule has 0 bridgehead atoms. The third kappa shape index (κ3) is 2.69. The lowest BCUT2D eigenvalue weighted by Gasteiger charge is -2.35. The Morgan fingerprint density at radius 2 is 2.00 bits per heavy atom. The van der Waals surface area contributed by atoms with E-state index in [0.717, 1.165) is 31.3 Å². The number of aliphatic hydroxyl groups is 1. The lowest BCUT2D eigenvalue weighted by molar-refractivity contribution is 0.0740. The Balaban J connectivity index is 1.89. The first kappa shape index (κ1) is 16.1. The van der Waals surface area contributed by atoms with Crippen LogP contribution in [0.15, 0.2) is 17.1 Å². The molecule has 25 heavy (non-hydrogen) atoms. The Kier molecular flexibility index (Phi) is 3.41. The number of piperidine rings is 1. The van der Waals surface area contributed by atoms with Crippen LogP contribution in [0.2, 0.25) is 0 Å². The Morgan fingerprint density at radius 3 is 2.56 bits per heavy atom. The fourth-order valence-electron chi connectivity index (χ4n) is 3.83. The summed E-state index contributed by atoms with van der Waals surface area (Å²) in [6.45, 7) is 5.06. The molecule has 1 saturated carbocycles. The van der Waals surface area contributed by atoms with Crippen LogP contribution in [0, 0.1) is 16.7 Å². The van der Waals surface area contributed by atoms with Crippen LogP contribution >= 0.6 is 0 Å². The van der Waals surface area contributed by atoms with E-state index in [2.05, 4.69) is 20.9 Å². The van der Waals surface area contributed by atoms with E-state index in [9.17, 15) is 15.2 Å². The second-order valence-electron chi connectivity index (χ2n) is 7.95. The van der Waals surface area contributed by atoms with Crippen LogP contribution in [0.1, 0.15) is 50.8 Å². The van der Waals surface area contributed by atoms with Gasteiger partial charge in [-0.25, -0.2) is 0 Å². The molecule has 1 saturated heterocycles. The number of nitrogens with zero attached hydrogens (tertiary/aromatic N) is 3. The number of aromatic nitrogens is 2. The standard InChI is InChI=1S/C19H22N4O2/c1-18(2,25)15-9-12-14(11-21-15)22-17(24)13(10-20)16(12)23-7-5-19(3-4-19)6-8-23/h9,11,25H,3-8H2,1-2H3,(H,22,24). The van der Waals surface area contributed by atoms with Crippen LogP contribution in [-0.2, 0) is 5.60 Å². The molecule has 2 aromatic heterocycles. The molecule has 2 aliphatic rings. The van der Waals surface area contributed by atoms with E-state index < -0.39 is 5.60 Å². The molecule has 0 aromatic carbocycles. The van der Waals surface area contributed by atoms with Crippen molar-refractivity contribution in [1.29, 1.82) is 5.26 Å². The fourth-order valence-corrected chi connectivity index (χ4v) is 3.83. The van der Waals surface area contributed by atoms with Gasteiger partial charge in [0, 0.05) is 18.5 Å². The second-order valence-corrected chi connectivity index (χ2v) is 7.95. The molecule has 130 valence electrons. The number of pyridine rings is 2. The second kappa shape index (κ2) is 5.30. The molecule has 1 spiro atoms. The van der Waals surface area contributed by atoms with Gasteiger partial charge in [-0.1, -0.05) is 0 Å². The maximum atomic E-state index is 12.4. The number of hydrogen-bond acceptors (Lipinski definition) is 5. The van der Waals surface area contributed by atoms with E-state index in [4.69, 9.17) is 0 Å². The van der Waals surface area contributed by atoms with Gasteiger partial charge in [0.1, 0.15) is 17.2 Å². The van der Waals surface area contributed by atoms with Crippen molar-refractivity contribution in [2.75, 3.05) is 18.0 Å². The molecule has 0 radical (unpaired) electrons. The van der Waals surface area contributed by atoms with Gasteiger partial charge in [0.25, 0.3) is 5.56 Å². The van der Waals surface area contributed by atoms with E-state index in [0.29, 0.717) is 22.3 Å². The quantitative estimate of drug-likeness (QED) is 0.877. The van der Waals surface area contributed by atoms with Crippen LogP contribution < -0.4 is 10.5 Å². The van der Waals surface area contributed by atoms with Gasteiger partial charge < -0.3 is 15.0 Å². The van der Waals surface area contributed by atoms with Crippen LogP contribution in [-0.4, -0.2) is 28.2 Å². The molecular weight excluding hydrogens is 316 g/mol. The number of H-pyrrole nitrogens is 1. The highest BCUT2D eigenvalue weighted by molar-refractivity contribution is 5.94. The molecule has 0 atom stereocenters. The normalized spacial score (nSPS) is 19.2. The summed E-state index contributed by atoms with van der Waals surface area (Å²) < 4.78 is 0. The number of aromatic amines is 1. The highest BCUT2D eigenvalue weighted by Crippen LogP contribution is 2.54. The lowest BCUT2D eigenvalue weighted by atomic mass is 9.92. The average Bonchev–Trinajstić information content (AvgIpc) is 3.32. The Bertz CT molecular complexity index is 935. The highest BCUT2D eigenvalue weighted by Gasteiger charge is 2.44. The first-order valence-corrected chi connectivity index (χ1v) is 8.77. The molecule has 4 rings (SSSR count). The van der Waals surface area contributed by atoms with Crippen molar-refractivity contribution in [2.45, 2.75) is 45.1 Å². The number of nitrogens with one attached hydrogen (secondary N) is 1. The van der Waals surface area contributed by atoms with Crippen molar-refractivity contribution in [3.63, 3.8) is 0 Å². The highest BCUT2D eigenvalue weighted by atomic mass is 16.3. The third-order valence-corrected chi connectivity index (χ3v) is 5.71. The van der Waals surface area contributed by atoms with Gasteiger partial charge >= 0.3 is 0 Å². The van der Waals surface area contributed by atoms with Crippen molar-refractivity contribution in [2.24, 2.45) is 5.41 Å². The van der Waals surface area contributed by atoms with Crippen LogP contribution in [0.3, 0.4) is 0 Å². The zero-order valence-corrected chi connectivity index (χ0v) is 14.6. The summed E-state index contributed by atoms with van der Waals surface area (Å²) >= 11 is 0. The predicted octanol–water partition coefficient (Wildman–Crippen LogP) is 2.40. The number of fused-ring (bicyclic) bond motifs is 1. The van der Waals surface area contributed by atoms with E-state index in [1.165, 1.54) is 12.8 Å². The lowest BCUT2D eigenvalue weighted by Crippen LogP contribution is -2.36.